The normalized spacial score (nSPS) is 19.6. The van der Waals surface area contributed by atoms with E-state index in [1.807, 2.05) is 0 Å². The van der Waals surface area contributed by atoms with Gasteiger partial charge in [0.15, 0.2) is 0 Å². The van der Waals surface area contributed by atoms with Crippen molar-refractivity contribution in [1.29, 1.82) is 0 Å². The third-order valence-corrected chi connectivity index (χ3v) is 4.13. The van der Waals surface area contributed by atoms with Crippen LogP contribution in [0.25, 0.3) is 0 Å². The molecule has 0 saturated heterocycles. The van der Waals surface area contributed by atoms with Crippen LogP contribution in [-0.4, -0.2) is 5.25 Å². The van der Waals surface area contributed by atoms with Crippen molar-refractivity contribution in [2.75, 3.05) is 0 Å². The highest BCUT2D eigenvalue weighted by molar-refractivity contribution is 8.00. The first kappa shape index (κ1) is 10.1. The van der Waals surface area contributed by atoms with Gasteiger partial charge in [-0.25, -0.2) is 0 Å². The zero-order valence-corrected chi connectivity index (χ0v) is 9.35. The second-order valence-corrected chi connectivity index (χ2v) is 5.24. The van der Waals surface area contributed by atoms with Crippen LogP contribution < -0.4 is 0 Å². The minimum Gasteiger partial charge on any atom is -0.122 e. The average Bonchev–Trinajstić information content (AvgIpc) is 2.60. The first-order valence-electron chi connectivity index (χ1n) is 5.44. The van der Waals surface area contributed by atoms with Crippen molar-refractivity contribution in [3.63, 3.8) is 0 Å². The van der Waals surface area contributed by atoms with Crippen LogP contribution >= 0.6 is 11.8 Å². The summed E-state index contributed by atoms with van der Waals surface area (Å²) in [7, 11) is 0. The lowest BCUT2D eigenvalue weighted by Crippen LogP contribution is -1.99. The first-order chi connectivity index (χ1) is 6.90. The highest BCUT2D eigenvalue weighted by Crippen LogP contribution is 2.38. The smallest absolute Gasteiger partial charge is 0.0135 e. The van der Waals surface area contributed by atoms with Crippen LogP contribution in [0.5, 0.6) is 0 Å². The maximum absolute atomic E-state index is 3.88. The molecule has 75 valence electrons. The van der Waals surface area contributed by atoms with Crippen LogP contribution in [0.4, 0.5) is 0 Å². The van der Waals surface area contributed by atoms with E-state index >= 15 is 0 Å². The van der Waals surface area contributed by atoms with Crippen LogP contribution in [0.15, 0.2) is 29.2 Å². The quantitative estimate of drug-likeness (QED) is 0.667. The lowest BCUT2D eigenvalue weighted by Gasteiger charge is -2.06. The first-order valence-corrected chi connectivity index (χ1v) is 6.32. The summed E-state index contributed by atoms with van der Waals surface area (Å²) in [5.41, 5.74) is 1.55. The third kappa shape index (κ3) is 2.33. The number of hydrogen-bond acceptors (Lipinski definition) is 1. The zero-order chi connectivity index (χ0) is 9.80. The minimum absolute atomic E-state index is 0.832. The summed E-state index contributed by atoms with van der Waals surface area (Å²) in [4.78, 5) is 1.51. The van der Waals surface area contributed by atoms with Crippen LogP contribution in [0.2, 0.25) is 0 Å². The lowest BCUT2D eigenvalue weighted by molar-refractivity contribution is 0.662. The number of hydrogen-bond donors (Lipinski definition) is 0. The highest BCUT2D eigenvalue weighted by Gasteiger charge is 2.20. The van der Waals surface area contributed by atoms with Crippen molar-refractivity contribution in [3.8, 4) is 0 Å². The minimum atomic E-state index is 0.832. The van der Waals surface area contributed by atoms with Crippen molar-refractivity contribution < 1.29 is 0 Å². The van der Waals surface area contributed by atoms with Gasteiger partial charge in [-0.1, -0.05) is 44.4 Å². The van der Waals surface area contributed by atoms with E-state index in [0.717, 1.165) is 11.7 Å². The summed E-state index contributed by atoms with van der Waals surface area (Å²) in [5, 5.41) is 0.832. The Hall–Kier alpha value is -0.430. The summed E-state index contributed by atoms with van der Waals surface area (Å²) >= 11 is 2.07. The molecule has 1 aliphatic rings. The Morgan fingerprint density at radius 3 is 2.93 bits per heavy atom. The molecule has 0 saturated carbocycles. The molecule has 1 aromatic carbocycles. The molecule has 0 amide bonds. The molecule has 0 aliphatic carbocycles. The van der Waals surface area contributed by atoms with E-state index in [1.165, 1.54) is 30.6 Å². The van der Waals surface area contributed by atoms with Crippen LogP contribution in [0, 0.1) is 6.92 Å². The summed E-state index contributed by atoms with van der Waals surface area (Å²) in [6.07, 6.45) is 6.35. The van der Waals surface area contributed by atoms with Crippen molar-refractivity contribution in [3.05, 3.63) is 36.8 Å². The Labute approximate surface area is 91.1 Å². The standard InChI is InChI=1S/C13H17S/c1-2-3-4-8-12-10-11-7-5-6-9-13(11)14-12/h5-7,9,12H,1-4,8,10H2. The van der Waals surface area contributed by atoms with E-state index in [1.54, 1.807) is 5.56 Å². The molecule has 1 radical (unpaired) electrons. The van der Waals surface area contributed by atoms with Gasteiger partial charge in [0.25, 0.3) is 0 Å². The number of fused-ring (bicyclic) bond motifs is 1. The number of thioether (sulfide) groups is 1. The molecule has 0 spiro atoms. The van der Waals surface area contributed by atoms with Crippen molar-refractivity contribution in [2.24, 2.45) is 0 Å². The van der Waals surface area contributed by atoms with E-state index in [-0.39, 0.29) is 0 Å². The molecule has 1 aromatic rings. The predicted octanol–water partition coefficient (Wildman–Crippen LogP) is 4.10. The largest absolute Gasteiger partial charge is 0.122 e. The summed E-state index contributed by atoms with van der Waals surface area (Å²) in [6, 6.07) is 8.81. The second-order valence-electron chi connectivity index (χ2n) is 3.90. The maximum atomic E-state index is 3.88. The maximum Gasteiger partial charge on any atom is 0.0135 e. The third-order valence-electron chi connectivity index (χ3n) is 2.74. The predicted molar refractivity (Wildman–Crippen MR) is 63.6 cm³/mol. The Balaban J connectivity index is 1.86. The Kier molecular flexibility index (Phi) is 3.52. The molecule has 1 heteroatoms. The fraction of sp³-hybridized carbons (Fsp3) is 0.462. The fourth-order valence-corrected chi connectivity index (χ4v) is 3.33. The Bertz CT molecular complexity index is 268. The van der Waals surface area contributed by atoms with Crippen LogP contribution in [0.3, 0.4) is 0 Å². The molecule has 2 rings (SSSR count). The molecule has 0 aromatic heterocycles. The Morgan fingerprint density at radius 2 is 2.14 bits per heavy atom. The summed E-state index contributed by atoms with van der Waals surface area (Å²) in [5.74, 6) is 0. The zero-order valence-electron chi connectivity index (χ0n) is 8.54. The molecule has 0 bridgehead atoms. The van der Waals surface area contributed by atoms with Crippen molar-refractivity contribution in [1.82, 2.24) is 0 Å². The van der Waals surface area contributed by atoms with E-state index in [2.05, 4.69) is 43.0 Å². The van der Waals surface area contributed by atoms with Gasteiger partial charge in [-0.2, -0.15) is 0 Å². The van der Waals surface area contributed by atoms with E-state index in [9.17, 15) is 0 Å². The monoisotopic (exact) mass is 205 g/mol. The van der Waals surface area contributed by atoms with Gasteiger partial charge in [0.1, 0.15) is 0 Å². The highest BCUT2D eigenvalue weighted by atomic mass is 32.2. The van der Waals surface area contributed by atoms with Crippen molar-refractivity contribution in [2.45, 2.75) is 42.2 Å². The van der Waals surface area contributed by atoms with Gasteiger partial charge in [-0.3, -0.25) is 0 Å². The molecule has 0 fully saturated rings. The van der Waals surface area contributed by atoms with Gasteiger partial charge >= 0.3 is 0 Å². The molecular formula is C13H17S. The van der Waals surface area contributed by atoms with Gasteiger partial charge < -0.3 is 0 Å². The van der Waals surface area contributed by atoms with E-state index in [0.29, 0.717) is 0 Å². The Morgan fingerprint density at radius 1 is 1.29 bits per heavy atom. The van der Waals surface area contributed by atoms with Gasteiger partial charge in [-0.15, -0.1) is 11.8 Å². The topological polar surface area (TPSA) is 0 Å². The molecule has 0 nitrogen and oxygen atoms in total. The van der Waals surface area contributed by atoms with Gasteiger partial charge in [0, 0.05) is 10.1 Å². The molecule has 1 atom stereocenters. The summed E-state index contributed by atoms with van der Waals surface area (Å²) < 4.78 is 0. The number of unbranched alkanes of at least 4 members (excludes halogenated alkanes) is 2. The van der Waals surface area contributed by atoms with Crippen LogP contribution in [-0.2, 0) is 6.42 Å². The second kappa shape index (κ2) is 4.88. The van der Waals surface area contributed by atoms with Crippen molar-refractivity contribution >= 4 is 11.8 Å². The van der Waals surface area contributed by atoms with Gasteiger partial charge in [0.05, 0.1) is 0 Å². The molecule has 14 heavy (non-hydrogen) atoms. The average molecular weight is 205 g/mol. The molecule has 1 aliphatic heterocycles. The molecular weight excluding hydrogens is 188 g/mol. The SMILES string of the molecule is [CH2]CCCCC1Cc2ccccc2S1. The molecule has 0 N–H and O–H groups in total. The fourth-order valence-electron chi connectivity index (χ4n) is 1.96. The van der Waals surface area contributed by atoms with Gasteiger partial charge in [0.2, 0.25) is 0 Å². The van der Waals surface area contributed by atoms with Crippen LogP contribution in [0.1, 0.15) is 31.2 Å². The lowest BCUT2D eigenvalue weighted by atomic mass is 10.1. The number of rotatable bonds is 4. The van der Waals surface area contributed by atoms with Gasteiger partial charge in [-0.05, 0) is 24.5 Å². The molecule has 1 unspecified atom stereocenters. The summed E-state index contributed by atoms with van der Waals surface area (Å²) in [6.45, 7) is 3.88. The molecule has 1 heterocycles. The number of benzene rings is 1. The van der Waals surface area contributed by atoms with E-state index in [4.69, 9.17) is 0 Å². The van der Waals surface area contributed by atoms with E-state index < -0.39 is 0 Å².